The molecule has 1 saturated heterocycles. The molecule has 2 aromatic rings. The van der Waals surface area contributed by atoms with Crippen molar-refractivity contribution in [2.24, 2.45) is 0 Å². The van der Waals surface area contributed by atoms with Crippen LogP contribution in [0, 0.1) is 0 Å². The maximum Gasteiger partial charge on any atom is 0.246 e. The number of amides is 1. The van der Waals surface area contributed by atoms with Gasteiger partial charge in [0.25, 0.3) is 0 Å². The molecule has 0 radical (unpaired) electrons. The van der Waals surface area contributed by atoms with Crippen molar-refractivity contribution in [3.05, 3.63) is 65.2 Å². The summed E-state index contributed by atoms with van der Waals surface area (Å²) in [4.78, 5) is 16.6. The monoisotopic (exact) mass is 370 g/mol. The molecule has 0 unspecified atom stereocenters. The summed E-state index contributed by atoms with van der Waals surface area (Å²) in [5, 5.41) is 0.647. The molecule has 4 nitrogen and oxygen atoms in total. The first-order valence-corrected chi connectivity index (χ1v) is 9.25. The fourth-order valence-electron chi connectivity index (χ4n) is 3.04. The zero-order valence-electron chi connectivity index (χ0n) is 14.9. The fourth-order valence-corrected chi connectivity index (χ4v) is 3.24. The molecule has 1 heterocycles. The Morgan fingerprint density at radius 1 is 1.08 bits per heavy atom. The van der Waals surface area contributed by atoms with Gasteiger partial charge in [0.15, 0.2) is 0 Å². The molecule has 1 aliphatic rings. The summed E-state index contributed by atoms with van der Waals surface area (Å²) >= 11 is 6.13. The molecule has 2 aromatic carbocycles. The Morgan fingerprint density at radius 2 is 1.77 bits per heavy atom. The van der Waals surface area contributed by atoms with E-state index >= 15 is 0 Å². The number of nitrogens with zero attached hydrogens (tertiary/aromatic N) is 2. The second kappa shape index (κ2) is 8.77. The van der Waals surface area contributed by atoms with Crippen molar-refractivity contribution in [2.45, 2.75) is 6.92 Å². The first-order valence-electron chi connectivity index (χ1n) is 8.87. The minimum atomic E-state index is 0.0164. The molecule has 0 aromatic heterocycles. The SMILES string of the molecule is CCOc1ccccc1N1CCN(C(=O)C=Cc2ccccc2Cl)CC1. The van der Waals surface area contributed by atoms with Gasteiger partial charge >= 0.3 is 0 Å². The van der Waals surface area contributed by atoms with Gasteiger partial charge in [-0.25, -0.2) is 0 Å². The van der Waals surface area contributed by atoms with Crippen molar-refractivity contribution >= 4 is 29.3 Å². The van der Waals surface area contributed by atoms with Crippen molar-refractivity contribution < 1.29 is 9.53 Å². The topological polar surface area (TPSA) is 32.8 Å². The minimum Gasteiger partial charge on any atom is -0.492 e. The molecule has 0 saturated carbocycles. The number of anilines is 1. The van der Waals surface area contributed by atoms with Gasteiger partial charge in [-0.3, -0.25) is 4.79 Å². The summed E-state index contributed by atoms with van der Waals surface area (Å²) in [6.45, 7) is 5.57. The lowest BCUT2D eigenvalue weighted by Gasteiger charge is -2.36. The number of carbonyl (C=O) groups is 1. The Bertz CT molecular complexity index is 783. The van der Waals surface area contributed by atoms with E-state index < -0.39 is 0 Å². The van der Waals surface area contributed by atoms with E-state index in [1.54, 1.807) is 12.2 Å². The number of hydrogen-bond donors (Lipinski definition) is 0. The molecule has 1 fully saturated rings. The van der Waals surface area contributed by atoms with E-state index in [2.05, 4.69) is 11.0 Å². The first kappa shape index (κ1) is 18.3. The third kappa shape index (κ3) is 4.38. The van der Waals surface area contributed by atoms with Crippen molar-refractivity contribution in [1.29, 1.82) is 0 Å². The molecule has 136 valence electrons. The number of carbonyl (C=O) groups excluding carboxylic acids is 1. The number of piperazine rings is 1. The van der Waals surface area contributed by atoms with Gasteiger partial charge in [-0.15, -0.1) is 0 Å². The molecule has 0 spiro atoms. The average molecular weight is 371 g/mol. The Kier molecular flexibility index (Phi) is 6.18. The van der Waals surface area contributed by atoms with Crippen LogP contribution < -0.4 is 9.64 Å². The Labute approximate surface area is 159 Å². The quantitative estimate of drug-likeness (QED) is 0.743. The molecule has 1 aliphatic heterocycles. The van der Waals surface area contributed by atoms with Gasteiger partial charge in [-0.1, -0.05) is 41.9 Å². The molecule has 26 heavy (non-hydrogen) atoms. The van der Waals surface area contributed by atoms with Crippen LogP contribution in [0.25, 0.3) is 6.08 Å². The highest BCUT2D eigenvalue weighted by Gasteiger charge is 2.21. The predicted molar refractivity (Wildman–Crippen MR) is 107 cm³/mol. The first-order chi connectivity index (χ1) is 12.7. The molecular formula is C21H23ClN2O2. The normalized spacial score (nSPS) is 14.7. The smallest absolute Gasteiger partial charge is 0.246 e. The number of ether oxygens (including phenoxy) is 1. The van der Waals surface area contributed by atoms with Gasteiger partial charge in [0.1, 0.15) is 5.75 Å². The maximum atomic E-state index is 12.4. The van der Waals surface area contributed by atoms with Gasteiger partial charge in [0, 0.05) is 37.3 Å². The lowest BCUT2D eigenvalue weighted by molar-refractivity contribution is -0.126. The molecule has 3 rings (SSSR count). The van der Waals surface area contributed by atoms with Crippen LogP contribution in [0.2, 0.25) is 5.02 Å². The van der Waals surface area contributed by atoms with Gasteiger partial charge in [-0.2, -0.15) is 0 Å². The highest BCUT2D eigenvalue weighted by Crippen LogP contribution is 2.28. The third-order valence-corrected chi connectivity index (χ3v) is 4.75. The molecular weight excluding hydrogens is 348 g/mol. The van der Waals surface area contributed by atoms with Crippen LogP contribution in [0.4, 0.5) is 5.69 Å². The number of halogens is 1. The highest BCUT2D eigenvalue weighted by atomic mass is 35.5. The second-order valence-corrected chi connectivity index (χ2v) is 6.48. The lowest BCUT2D eigenvalue weighted by Crippen LogP contribution is -2.48. The highest BCUT2D eigenvalue weighted by molar-refractivity contribution is 6.32. The molecule has 0 bridgehead atoms. The van der Waals surface area contributed by atoms with Gasteiger partial charge < -0.3 is 14.5 Å². The fraction of sp³-hybridized carbons (Fsp3) is 0.286. The maximum absolute atomic E-state index is 12.4. The van der Waals surface area contributed by atoms with Crippen LogP contribution in [-0.4, -0.2) is 43.6 Å². The number of para-hydroxylation sites is 2. The Hall–Kier alpha value is -2.46. The standard InChI is InChI=1S/C21H23ClN2O2/c1-2-26-20-10-6-5-9-19(20)23-13-15-24(16-14-23)21(25)12-11-17-7-3-4-8-18(17)22/h3-12H,2,13-16H2,1H3. The van der Waals surface area contributed by atoms with Gasteiger partial charge in [0.05, 0.1) is 12.3 Å². The van der Waals surface area contributed by atoms with E-state index in [0.717, 1.165) is 30.1 Å². The van der Waals surface area contributed by atoms with Crippen LogP contribution in [0.1, 0.15) is 12.5 Å². The van der Waals surface area contributed by atoms with Crippen molar-refractivity contribution in [1.82, 2.24) is 4.90 Å². The number of hydrogen-bond acceptors (Lipinski definition) is 3. The Balaban J connectivity index is 1.60. The molecule has 5 heteroatoms. The minimum absolute atomic E-state index is 0.0164. The van der Waals surface area contributed by atoms with E-state index in [4.69, 9.17) is 16.3 Å². The Morgan fingerprint density at radius 3 is 2.50 bits per heavy atom. The van der Waals surface area contributed by atoms with E-state index in [-0.39, 0.29) is 5.91 Å². The molecule has 0 atom stereocenters. The number of benzene rings is 2. The van der Waals surface area contributed by atoms with E-state index in [1.807, 2.05) is 54.3 Å². The summed E-state index contributed by atoms with van der Waals surface area (Å²) in [6, 6.07) is 15.6. The van der Waals surface area contributed by atoms with Crippen molar-refractivity contribution in [3.8, 4) is 5.75 Å². The summed E-state index contributed by atoms with van der Waals surface area (Å²) in [5.74, 6) is 0.913. The lowest BCUT2D eigenvalue weighted by atomic mass is 10.2. The van der Waals surface area contributed by atoms with E-state index in [1.165, 1.54) is 0 Å². The zero-order chi connectivity index (χ0) is 18.4. The van der Waals surface area contributed by atoms with Crippen LogP contribution in [0.3, 0.4) is 0 Å². The molecule has 1 amide bonds. The second-order valence-electron chi connectivity index (χ2n) is 6.07. The summed E-state index contributed by atoms with van der Waals surface area (Å²) < 4.78 is 5.72. The van der Waals surface area contributed by atoms with Crippen molar-refractivity contribution in [2.75, 3.05) is 37.7 Å². The summed E-state index contributed by atoms with van der Waals surface area (Å²) in [6.07, 6.45) is 3.38. The van der Waals surface area contributed by atoms with Crippen LogP contribution in [-0.2, 0) is 4.79 Å². The largest absolute Gasteiger partial charge is 0.492 e. The summed E-state index contributed by atoms with van der Waals surface area (Å²) in [7, 11) is 0. The average Bonchev–Trinajstić information content (AvgIpc) is 2.68. The predicted octanol–water partition coefficient (Wildman–Crippen LogP) is 4.10. The molecule has 0 N–H and O–H groups in total. The van der Waals surface area contributed by atoms with Gasteiger partial charge in [-0.05, 0) is 36.8 Å². The van der Waals surface area contributed by atoms with Crippen LogP contribution in [0.15, 0.2) is 54.6 Å². The summed E-state index contributed by atoms with van der Waals surface area (Å²) in [5.41, 5.74) is 1.94. The van der Waals surface area contributed by atoms with Gasteiger partial charge in [0.2, 0.25) is 5.91 Å². The number of rotatable bonds is 5. The van der Waals surface area contributed by atoms with Crippen molar-refractivity contribution in [3.63, 3.8) is 0 Å². The third-order valence-electron chi connectivity index (χ3n) is 4.41. The zero-order valence-corrected chi connectivity index (χ0v) is 15.7. The van der Waals surface area contributed by atoms with E-state index in [0.29, 0.717) is 24.7 Å². The van der Waals surface area contributed by atoms with Crippen LogP contribution in [0.5, 0.6) is 5.75 Å². The van der Waals surface area contributed by atoms with Crippen LogP contribution >= 0.6 is 11.6 Å². The molecule has 0 aliphatic carbocycles. The van der Waals surface area contributed by atoms with E-state index in [9.17, 15) is 4.79 Å².